The largest absolute Gasteiger partial charge is 0.354 e. The first-order chi connectivity index (χ1) is 13.9. The second-order valence-electron chi connectivity index (χ2n) is 5.90. The first-order valence-electron chi connectivity index (χ1n) is 8.52. The molecule has 2 heterocycles. The van der Waals surface area contributed by atoms with Gasteiger partial charge in [0.2, 0.25) is 5.91 Å². The van der Waals surface area contributed by atoms with Gasteiger partial charge in [-0.2, -0.15) is 0 Å². The van der Waals surface area contributed by atoms with E-state index in [0.29, 0.717) is 10.1 Å². The topological polar surface area (TPSA) is 66.5 Å². The molecule has 1 fully saturated rings. The lowest BCUT2D eigenvalue weighted by Gasteiger charge is -2.12. The van der Waals surface area contributed by atoms with Crippen LogP contribution >= 0.6 is 46.5 Å². The van der Waals surface area contributed by atoms with E-state index in [1.54, 1.807) is 12.1 Å². The van der Waals surface area contributed by atoms with E-state index in [2.05, 4.69) is 5.32 Å². The van der Waals surface area contributed by atoms with Crippen molar-refractivity contribution >= 4 is 69.6 Å². The van der Waals surface area contributed by atoms with Crippen LogP contribution in [0.4, 0.5) is 9.18 Å². The molecule has 29 heavy (non-hydrogen) atoms. The highest BCUT2D eigenvalue weighted by molar-refractivity contribution is 8.18. The van der Waals surface area contributed by atoms with E-state index in [1.165, 1.54) is 41.3 Å². The van der Waals surface area contributed by atoms with Crippen molar-refractivity contribution in [1.82, 2.24) is 10.2 Å². The molecule has 1 aliphatic rings. The zero-order valence-corrected chi connectivity index (χ0v) is 18.2. The average molecular weight is 471 g/mol. The number of thiophene rings is 1. The second-order valence-corrected chi connectivity index (χ2v) is 9.68. The lowest BCUT2D eigenvalue weighted by Crippen LogP contribution is -2.37. The highest BCUT2D eigenvalue weighted by Gasteiger charge is 2.34. The molecular weight excluding hydrogens is 455 g/mol. The van der Waals surface area contributed by atoms with Gasteiger partial charge >= 0.3 is 0 Å². The zero-order chi connectivity index (χ0) is 20.8. The number of nitrogens with one attached hydrogen (secondary N) is 1. The van der Waals surface area contributed by atoms with Crippen LogP contribution in [0.25, 0.3) is 6.08 Å². The number of carbonyl (C=O) groups excluding carboxylic acids is 3. The van der Waals surface area contributed by atoms with Gasteiger partial charge in [-0.25, -0.2) is 4.39 Å². The van der Waals surface area contributed by atoms with Crippen LogP contribution in [0, 0.1) is 5.82 Å². The molecule has 1 aromatic carbocycles. The monoisotopic (exact) mass is 470 g/mol. The minimum absolute atomic E-state index is 0.0657. The second kappa shape index (κ2) is 10.3. The van der Waals surface area contributed by atoms with Crippen molar-refractivity contribution < 1.29 is 18.8 Å². The summed E-state index contributed by atoms with van der Waals surface area (Å²) in [6, 6.07) is 9.77. The molecule has 3 rings (SSSR count). The van der Waals surface area contributed by atoms with Gasteiger partial charge in [0.15, 0.2) is 0 Å². The molecule has 1 aromatic heterocycles. The molecule has 3 amide bonds. The summed E-state index contributed by atoms with van der Waals surface area (Å²) in [5.41, 5.74) is 0.246. The van der Waals surface area contributed by atoms with E-state index in [9.17, 15) is 18.8 Å². The van der Waals surface area contributed by atoms with E-state index in [1.807, 2.05) is 12.1 Å². The molecule has 0 aliphatic carbocycles. The third-order valence-electron chi connectivity index (χ3n) is 3.83. The molecule has 10 heteroatoms. The zero-order valence-electron chi connectivity index (χ0n) is 15.0. The van der Waals surface area contributed by atoms with Gasteiger partial charge in [0.05, 0.1) is 15.0 Å². The predicted molar refractivity (Wildman–Crippen MR) is 118 cm³/mol. The van der Waals surface area contributed by atoms with Crippen LogP contribution in [-0.2, 0) is 15.3 Å². The SMILES string of the molecule is O=C(CSCc1ccc(Cl)s1)NCCN1C(=O)S/C(=C\c2ccccc2F)C1=O. The van der Waals surface area contributed by atoms with E-state index in [4.69, 9.17) is 11.6 Å². The van der Waals surface area contributed by atoms with Crippen LogP contribution in [0.15, 0.2) is 41.3 Å². The highest BCUT2D eigenvalue weighted by Crippen LogP contribution is 2.32. The first kappa shape index (κ1) is 21.9. The molecule has 1 saturated heterocycles. The van der Waals surface area contributed by atoms with Crippen LogP contribution in [0.2, 0.25) is 4.34 Å². The summed E-state index contributed by atoms with van der Waals surface area (Å²) in [4.78, 5) is 38.7. The molecule has 0 atom stereocenters. The van der Waals surface area contributed by atoms with Gasteiger partial charge in [0.25, 0.3) is 11.1 Å². The maximum absolute atomic E-state index is 13.7. The fraction of sp³-hybridized carbons (Fsp3) is 0.211. The number of imide groups is 1. The van der Waals surface area contributed by atoms with Gasteiger partial charge in [-0.3, -0.25) is 19.3 Å². The minimum Gasteiger partial charge on any atom is -0.354 e. The average Bonchev–Trinajstić information content (AvgIpc) is 3.21. The number of hydrogen-bond acceptors (Lipinski definition) is 6. The van der Waals surface area contributed by atoms with Gasteiger partial charge < -0.3 is 5.32 Å². The Morgan fingerprint density at radius 1 is 1.24 bits per heavy atom. The number of hydrogen-bond donors (Lipinski definition) is 1. The van der Waals surface area contributed by atoms with Gasteiger partial charge in [-0.1, -0.05) is 29.8 Å². The van der Waals surface area contributed by atoms with E-state index in [-0.39, 0.29) is 35.2 Å². The number of thioether (sulfide) groups is 2. The smallest absolute Gasteiger partial charge is 0.293 e. The summed E-state index contributed by atoms with van der Waals surface area (Å²) in [5, 5.41) is 2.26. The van der Waals surface area contributed by atoms with Crippen molar-refractivity contribution in [2.75, 3.05) is 18.8 Å². The third kappa shape index (κ3) is 6.08. The standard InChI is InChI=1S/C19H16ClFN2O3S3/c20-16-6-5-13(28-16)10-27-11-17(24)22-7-8-23-18(25)15(29-19(23)26)9-12-3-1-2-4-14(12)21/h1-6,9H,7-8,10-11H2,(H,22,24)/b15-9-. The van der Waals surface area contributed by atoms with Gasteiger partial charge in [-0.15, -0.1) is 23.1 Å². The normalized spacial score (nSPS) is 15.4. The Hall–Kier alpha value is -1.81. The number of amides is 3. The number of halogens is 2. The molecule has 0 radical (unpaired) electrons. The molecule has 1 aliphatic heterocycles. The Balaban J connectivity index is 1.44. The summed E-state index contributed by atoms with van der Waals surface area (Å²) in [6.45, 7) is 0.228. The van der Waals surface area contributed by atoms with Crippen molar-refractivity contribution in [2.24, 2.45) is 0 Å². The lowest BCUT2D eigenvalue weighted by atomic mass is 10.2. The van der Waals surface area contributed by atoms with Crippen LogP contribution in [0.1, 0.15) is 10.4 Å². The molecule has 5 nitrogen and oxygen atoms in total. The van der Waals surface area contributed by atoms with E-state index < -0.39 is 17.0 Å². The van der Waals surface area contributed by atoms with E-state index in [0.717, 1.165) is 21.5 Å². The van der Waals surface area contributed by atoms with Gasteiger partial charge in [0, 0.05) is 29.3 Å². The maximum atomic E-state index is 13.7. The van der Waals surface area contributed by atoms with E-state index >= 15 is 0 Å². The van der Waals surface area contributed by atoms with Gasteiger partial charge in [-0.05, 0) is 36.0 Å². The molecule has 0 spiro atoms. The fourth-order valence-corrected chi connectivity index (χ4v) is 5.37. The number of rotatable bonds is 8. The molecular formula is C19H16ClFN2O3S3. The molecule has 1 N–H and O–H groups in total. The fourth-order valence-electron chi connectivity index (χ4n) is 2.46. The Morgan fingerprint density at radius 3 is 2.76 bits per heavy atom. The number of nitrogens with zero attached hydrogens (tertiary/aromatic N) is 1. The van der Waals surface area contributed by atoms with Gasteiger partial charge in [0.1, 0.15) is 5.82 Å². The summed E-state index contributed by atoms with van der Waals surface area (Å²) in [7, 11) is 0. The van der Waals surface area contributed by atoms with Crippen LogP contribution in [-0.4, -0.2) is 40.8 Å². The third-order valence-corrected chi connectivity index (χ3v) is 7.13. The lowest BCUT2D eigenvalue weighted by molar-refractivity contribution is -0.123. The summed E-state index contributed by atoms with van der Waals surface area (Å²) >= 11 is 9.56. The van der Waals surface area contributed by atoms with Crippen LogP contribution in [0.3, 0.4) is 0 Å². The van der Waals surface area contributed by atoms with Crippen molar-refractivity contribution in [2.45, 2.75) is 5.75 Å². The molecule has 0 unspecified atom stereocenters. The Kier molecular flexibility index (Phi) is 7.77. The molecule has 2 aromatic rings. The van der Waals surface area contributed by atoms with Crippen molar-refractivity contribution in [3.63, 3.8) is 0 Å². The Morgan fingerprint density at radius 2 is 2.03 bits per heavy atom. The maximum Gasteiger partial charge on any atom is 0.293 e. The van der Waals surface area contributed by atoms with Crippen molar-refractivity contribution in [3.8, 4) is 0 Å². The summed E-state index contributed by atoms with van der Waals surface area (Å²) in [5.74, 6) is -0.166. The summed E-state index contributed by atoms with van der Waals surface area (Å²) < 4.78 is 14.5. The number of carbonyl (C=O) groups is 3. The predicted octanol–water partition coefficient (Wildman–Crippen LogP) is 4.63. The molecule has 152 valence electrons. The Bertz CT molecular complexity index is 964. The van der Waals surface area contributed by atoms with Crippen LogP contribution < -0.4 is 5.32 Å². The molecule has 0 bridgehead atoms. The quantitative estimate of drug-likeness (QED) is 0.570. The van der Waals surface area contributed by atoms with Crippen molar-refractivity contribution in [3.05, 3.63) is 61.9 Å². The molecule has 0 saturated carbocycles. The van der Waals surface area contributed by atoms with Crippen LogP contribution in [0.5, 0.6) is 0 Å². The summed E-state index contributed by atoms with van der Waals surface area (Å²) in [6.07, 6.45) is 1.37. The highest BCUT2D eigenvalue weighted by atomic mass is 35.5. The minimum atomic E-state index is -0.485. The Labute approximate surface area is 184 Å². The first-order valence-corrected chi connectivity index (χ1v) is 11.7. The van der Waals surface area contributed by atoms with Crippen molar-refractivity contribution in [1.29, 1.82) is 0 Å². The number of benzene rings is 1.